The summed E-state index contributed by atoms with van der Waals surface area (Å²) in [5.41, 5.74) is -0.349. The van der Waals surface area contributed by atoms with Gasteiger partial charge in [0.15, 0.2) is 0 Å². The quantitative estimate of drug-likeness (QED) is 0.736. The predicted molar refractivity (Wildman–Crippen MR) is 58.2 cm³/mol. The highest BCUT2D eigenvalue weighted by Crippen LogP contribution is 2.11. The van der Waals surface area contributed by atoms with Crippen LogP contribution >= 0.6 is 0 Å². The number of H-pyrrole nitrogens is 1. The maximum absolute atomic E-state index is 12.0. The van der Waals surface area contributed by atoms with E-state index in [4.69, 9.17) is 0 Å². The molecule has 1 N–H and O–H groups in total. The van der Waals surface area contributed by atoms with E-state index in [1.807, 2.05) is 0 Å². The number of amides is 1. The Morgan fingerprint density at radius 3 is 2.38 bits per heavy atom. The molecule has 6 heteroatoms. The lowest BCUT2D eigenvalue weighted by atomic mass is 10.2. The molecule has 16 heavy (non-hydrogen) atoms. The lowest BCUT2D eigenvalue weighted by Crippen LogP contribution is -2.32. The first-order chi connectivity index (χ1) is 7.68. The summed E-state index contributed by atoms with van der Waals surface area (Å²) in [6, 6.07) is 0. The molecule has 0 atom stereocenters. The third kappa shape index (κ3) is 2.15. The molecule has 1 saturated heterocycles. The minimum absolute atomic E-state index is 0.148. The van der Waals surface area contributed by atoms with Gasteiger partial charge in [-0.3, -0.25) is 9.78 Å². The van der Waals surface area contributed by atoms with Crippen LogP contribution in [0.4, 0.5) is 0 Å². The van der Waals surface area contributed by atoms with Gasteiger partial charge in [-0.25, -0.2) is 9.48 Å². The number of carbonyl (C=O) groups excluding carboxylic acids is 1. The molecule has 0 bridgehead atoms. The van der Waals surface area contributed by atoms with Gasteiger partial charge in [-0.15, -0.1) is 5.10 Å². The first kappa shape index (κ1) is 10.9. The first-order valence-electron chi connectivity index (χ1n) is 5.61. The van der Waals surface area contributed by atoms with E-state index in [0.29, 0.717) is 0 Å². The van der Waals surface area contributed by atoms with Crippen molar-refractivity contribution in [1.29, 1.82) is 0 Å². The zero-order valence-corrected chi connectivity index (χ0v) is 9.40. The summed E-state index contributed by atoms with van der Waals surface area (Å²) in [6.07, 6.45) is 4.40. The lowest BCUT2D eigenvalue weighted by molar-refractivity contribution is 0.0749. The van der Waals surface area contributed by atoms with Crippen LogP contribution in [0.15, 0.2) is 4.79 Å². The minimum atomic E-state index is -0.349. The summed E-state index contributed by atoms with van der Waals surface area (Å²) in [6.45, 7) is 1.52. The average molecular weight is 224 g/mol. The van der Waals surface area contributed by atoms with Crippen LogP contribution < -0.4 is 5.69 Å². The molecule has 88 valence electrons. The molecule has 0 radical (unpaired) electrons. The Hall–Kier alpha value is -1.59. The molecule has 1 aromatic rings. The molecule has 1 aliphatic rings. The Bertz CT molecular complexity index is 426. The van der Waals surface area contributed by atoms with E-state index in [1.54, 1.807) is 4.90 Å². The topological polar surface area (TPSA) is 71.0 Å². The summed E-state index contributed by atoms with van der Waals surface area (Å²) in [5, 5.41) is 3.87. The number of nitrogens with one attached hydrogen (secondary N) is 1. The molecule has 1 fully saturated rings. The van der Waals surface area contributed by atoms with Crippen LogP contribution in [0.1, 0.15) is 36.3 Å². The maximum atomic E-state index is 12.0. The van der Waals surface area contributed by atoms with Crippen LogP contribution in [0.25, 0.3) is 0 Å². The van der Waals surface area contributed by atoms with Crippen molar-refractivity contribution in [1.82, 2.24) is 19.7 Å². The van der Waals surface area contributed by atoms with Crippen LogP contribution in [-0.4, -0.2) is 38.7 Å². The summed E-state index contributed by atoms with van der Waals surface area (Å²) in [7, 11) is 1.53. The molecular formula is C10H16N4O2. The standard InChI is InChI=1S/C10H16N4O2/c1-13-10(16)11-8(12-13)9(15)14-6-4-2-3-5-7-14/h2-7H2,1H3,(H,11,12,16). The van der Waals surface area contributed by atoms with Gasteiger partial charge >= 0.3 is 5.69 Å². The number of hydrogen-bond acceptors (Lipinski definition) is 3. The zero-order valence-electron chi connectivity index (χ0n) is 9.40. The van der Waals surface area contributed by atoms with Gasteiger partial charge in [0.05, 0.1) is 0 Å². The van der Waals surface area contributed by atoms with Crippen molar-refractivity contribution >= 4 is 5.91 Å². The van der Waals surface area contributed by atoms with E-state index in [9.17, 15) is 9.59 Å². The van der Waals surface area contributed by atoms with Crippen molar-refractivity contribution < 1.29 is 4.79 Å². The molecular weight excluding hydrogens is 208 g/mol. The highest BCUT2D eigenvalue weighted by Gasteiger charge is 2.20. The summed E-state index contributed by atoms with van der Waals surface area (Å²) >= 11 is 0. The Morgan fingerprint density at radius 1 is 1.25 bits per heavy atom. The second kappa shape index (κ2) is 4.51. The molecule has 0 aromatic carbocycles. The number of aromatic amines is 1. The van der Waals surface area contributed by atoms with Crippen molar-refractivity contribution in [3.05, 3.63) is 16.3 Å². The van der Waals surface area contributed by atoms with Gasteiger partial charge < -0.3 is 4.90 Å². The first-order valence-corrected chi connectivity index (χ1v) is 5.61. The van der Waals surface area contributed by atoms with Gasteiger partial charge in [-0.2, -0.15) is 0 Å². The Kier molecular flexibility index (Phi) is 3.07. The van der Waals surface area contributed by atoms with Crippen molar-refractivity contribution in [2.24, 2.45) is 7.05 Å². The van der Waals surface area contributed by atoms with Gasteiger partial charge in [-0.05, 0) is 12.8 Å². The zero-order chi connectivity index (χ0) is 11.5. The number of aryl methyl sites for hydroxylation is 1. The van der Waals surface area contributed by atoms with E-state index in [-0.39, 0.29) is 17.4 Å². The third-order valence-electron chi connectivity index (χ3n) is 2.87. The number of nitrogens with zero attached hydrogens (tertiary/aromatic N) is 3. The molecule has 2 rings (SSSR count). The van der Waals surface area contributed by atoms with Crippen molar-refractivity contribution in [2.45, 2.75) is 25.7 Å². The minimum Gasteiger partial charge on any atom is -0.336 e. The SMILES string of the molecule is Cn1nc(C(=O)N2CCCCCC2)[nH]c1=O. The molecule has 6 nitrogen and oxygen atoms in total. The van der Waals surface area contributed by atoms with Crippen molar-refractivity contribution in [3.63, 3.8) is 0 Å². The molecule has 0 aliphatic carbocycles. The monoisotopic (exact) mass is 224 g/mol. The van der Waals surface area contributed by atoms with E-state index in [2.05, 4.69) is 10.1 Å². The van der Waals surface area contributed by atoms with Crippen molar-refractivity contribution in [3.8, 4) is 0 Å². The van der Waals surface area contributed by atoms with Crippen LogP contribution in [0.2, 0.25) is 0 Å². The van der Waals surface area contributed by atoms with Gasteiger partial charge in [-0.1, -0.05) is 12.8 Å². The molecule has 1 aromatic heterocycles. The van der Waals surface area contributed by atoms with Gasteiger partial charge in [0, 0.05) is 20.1 Å². The normalized spacial score (nSPS) is 17.2. The second-order valence-corrected chi connectivity index (χ2v) is 4.11. The maximum Gasteiger partial charge on any atom is 0.343 e. The van der Waals surface area contributed by atoms with Crippen LogP contribution in [0.3, 0.4) is 0 Å². The largest absolute Gasteiger partial charge is 0.343 e. The fourth-order valence-electron chi connectivity index (χ4n) is 1.92. The van der Waals surface area contributed by atoms with E-state index >= 15 is 0 Å². The third-order valence-corrected chi connectivity index (χ3v) is 2.87. The number of carbonyl (C=O) groups is 1. The molecule has 1 aliphatic heterocycles. The summed E-state index contributed by atoms with van der Waals surface area (Å²) in [5.74, 6) is -0.0194. The van der Waals surface area contributed by atoms with Gasteiger partial charge in [0.25, 0.3) is 5.91 Å². The molecule has 0 unspecified atom stereocenters. The summed E-state index contributed by atoms with van der Waals surface area (Å²) in [4.78, 5) is 27.4. The number of hydrogen-bond donors (Lipinski definition) is 1. The van der Waals surface area contributed by atoms with E-state index < -0.39 is 0 Å². The van der Waals surface area contributed by atoms with Gasteiger partial charge in [0.2, 0.25) is 5.82 Å². The fourth-order valence-corrected chi connectivity index (χ4v) is 1.92. The highest BCUT2D eigenvalue weighted by atomic mass is 16.2. The lowest BCUT2D eigenvalue weighted by Gasteiger charge is -2.18. The Labute approximate surface area is 93.3 Å². The number of aromatic nitrogens is 3. The molecule has 0 spiro atoms. The van der Waals surface area contributed by atoms with E-state index in [0.717, 1.165) is 30.6 Å². The van der Waals surface area contributed by atoms with Crippen LogP contribution in [-0.2, 0) is 7.05 Å². The number of likely N-dealkylation sites (tertiary alicyclic amines) is 1. The van der Waals surface area contributed by atoms with Crippen LogP contribution in [0, 0.1) is 0 Å². The molecule has 2 heterocycles. The fraction of sp³-hybridized carbons (Fsp3) is 0.700. The predicted octanol–water partition coefficient (Wildman–Crippen LogP) is 0.125. The Morgan fingerprint density at radius 2 is 1.88 bits per heavy atom. The van der Waals surface area contributed by atoms with Crippen molar-refractivity contribution in [2.75, 3.05) is 13.1 Å². The average Bonchev–Trinajstić information content (AvgIpc) is 2.51. The number of rotatable bonds is 1. The molecule has 0 saturated carbocycles. The summed E-state index contributed by atoms with van der Waals surface area (Å²) < 4.78 is 1.14. The van der Waals surface area contributed by atoms with E-state index in [1.165, 1.54) is 19.9 Å². The second-order valence-electron chi connectivity index (χ2n) is 4.11. The highest BCUT2D eigenvalue weighted by molar-refractivity contribution is 5.90. The smallest absolute Gasteiger partial charge is 0.336 e. The Balaban J connectivity index is 2.14. The molecule has 1 amide bonds. The van der Waals surface area contributed by atoms with Gasteiger partial charge in [0.1, 0.15) is 0 Å². The van der Waals surface area contributed by atoms with Crippen LogP contribution in [0.5, 0.6) is 0 Å².